The van der Waals surface area contributed by atoms with Crippen LogP contribution in [0, 0.1) is 0 Å². The minimum atomic E-state index is 0.777. The SMILES string of the molecule is CCCCCc1cc(CCCCC)cc(C2=CC(CCCC)=C(c3cc(CCCCC)cc(CCCCC)c3)[N+]2=[N-])c1.c1ccc([O][Ni][O]c2ccccc2)cc1. The first-order valence-electron chi connectivity index (χ1n) is 22.2. The molecule has 5 rings (SSSR count). The van der Waals surface area contributed by atoms with Gasteiger partial charge in [-0.05, 0) is 111 Å². The quantitative estimate of drug-likeness (QED) is 0.0380. The van der Waals surface area contributed by atoms with Crippen molar-refractivity contribution in [1.82, 2.24) is 0 Å². The van der Waals surface area contributed by atoms with Crippen molar-refractivity contribution in [1.29, 1.82) is 0 Å². The molecule has 1 aliphatic heterocycles. The number of aryl methyl sites for hydroxylation is 4. The fraction of sp³-hybridized carbons (Fsp3) is 0.462. The molecule has 0 fully saturated rings. The zero-order chi connectivity index (χ0) is 40.5. The minimum absolute atomic E-state index is 0.777. The Bertz CT molecular complexity index is 1720. The Hall–Kier alpha value is -3.95. The molecule has 0 spiro atoms. The molecule has 1 heterocycles. The Morgan fingerprint density at radius 3 is 1.23 bits per heavy atom. The van der Waals surface area contributed by atoms with E-state index in [4.69, 9.17) is 7.76 Å². The number of benzene rings is 4. The van der Waals surface area contributed by atoms with Crippen LogP contribution < -0.4 is 7.76 Å². The normalized spacial score (nSPS) is 12.4. The van der Waals surface area contributed by atoms with Gasteiger partial charge < -0.3 is 5.53 Å². The Labute approximate surface area is 353 Å². The summed E-state index contributed by atoms with van der Waals surface area (Å²) in [6, 6.07) is 33.4. The van der Waals surface area contributed by atoms with Crippen molar-refractivity contribution in [2.45, 2.75) is 157 Å². The number of nitrogens with zero attached hydrogens (tertiary/aromatic N) is 2. The van der Waals surface area contributed by atoms with E-state index in [0.29, 0.717) is 0 Å². The van der Waals surface area contributed by atoms with Gasteiger partial charge in [-0.25, -0.2) is 4.70 Å². The van der Waals surface area contributed by atoms with Crippen LogP contribution >= 0.6 is 0 Å². The number of rotatable bonds is 25. The molecule has 5 heteroatoms. The maximum atomic E-state index is 12.0. The summed E-state index contributed by atoms with van der Waals surface area (Å²) < 4.78 is 12.2. The molecule has 0 saturated carbocycles. The molecule has 0 radical (unpaired) electrons. The predicted molar refractivity (Wildman–Crippen MR) is 238 cm³/mol. The third-order valence-corrected chi connectivity index (χ3v) is 11.1. The molecule has 0 atom stereocenters. The van der Waals surface area contributed by atoms with Crippen molar-refractivity contribution in [3.63, 3.8) is 0 Å². The van der Waals surface area contributed by atoms with Gasteiger partial charge in [0.15, 0.2) is 0 Å². The molecule has 4 aromatic carbocycles. The van der Waals surface area contributed by atoms with Gasteiger partial charge in [-0.1, -0.05) is 105 Å². The molecule has 57 heavy (non-hydrogen) atoms. The second kappa shape index (κ2) is 26.9. The number of para-hydroxylation sites is 2. The Balaban J connectivity index is 0.000000398. The van der Waals surface area contributed by atoms with Crippen LogP contribution in [-0.2, 0) is 40.8 Å². The molecular formula is C52H70N2NiO2. The average molecular weight is 814 g/mol. The number of unbranched alkanes of at least 4 members (excludes halogenated alkanes) is 9. The van der Waals surface area contributed by atoms with E-state index in [9.17, 15) is 5.53 Å². The number of allylic oxidation sites excluding steroid dienone is 2. The van der Waals surface area contributed by atoms with Gasteiger partial charge in [0.05, 0.1) is 0 Å². The molecule has 1 aliphatic rings. The van der Waals surface area contributed by atoms with Crippen LogP contribution in [-0.4, -0.2) is 4.70 Å². The van der Waals surface area contributed by atoms with Crippen LogP contribution in [0.15, 0.2) is 109 Å². The van der Waals surface area contributed by atoms with Crippen LogP contribution in [0.1, 0.15) is 164 Å². The zero-order valence-electron chi connectivity index (χ0n) is 35.8. The van der Waals surface area contributed by atoms with Gasteiger partial charge in [0.25, 0.3) is 0 Å². The molecule has 0 N–H and O–H groups in total. The first kappa shape index (κ1) is 45.8. The van der Waals surface area contributed by atoms with E-state index in [2.05, 4.69) is 77.1 Å². The molecule has 0 aromatic heterocycles. The average Bonchev–Trinajstić information content (AvgIpc) is 3.57. The van der Waals surface area contributed by atoms with Crippen molar-refractivity contribution in [2.24, 2.45) is 0 Å². The molecule has 310 valence electrons. The van der Waals surface area contributed by atoms with E-state index in [0.717, 1.165) is 82.9 Å². The Morgan fingerprint density at radius 1 is 0.456 bits per heavy atom. The second-order valence-electron chi connectivity index (χ2n) is 15.5. The van der Waals surface area contributed by atoms with E-state index in [1.807, 2.05) is 60.7 Å². The number of hydrogen-bond donors (Lipinski definition) is 0. The molecule has 0 amide bonds. The first-order chi connectivity index (χ1) is 28.0. The van der Waals surface area contributed by atoms with Crippen LogP contribution in [0.4, 0.5) is 0 Å². The molecule has 0 aliphatic carbocycles. The van der Waals surface area contributed by atoms with Gasteiger partial charge in [-0.2, -0.15) is 0 Å². The third-order valence-electron chi connectivity index (χ3n) is 10.5. The van der Waals surface area contributed by atoms with Crippen molar-refractivity contribution in [3.8, 4) is 11.5 Å². The molecular weight excluding hydrogens is 743 g/mol. The van der Waals surface area contributed by atoms with E-state index >= 15 is 0 Å². The van der Waals surface area contributed by atoms with Crippen LogP contribution in [0.2, 0.25) is 0 Å². The van der Waals surface area contributed by atoms with E-state index < -0.39 is 0 Å². The van der Waals surface area contributed by atoms with Gasteiger partial charge >= 0.3 is 95.0 Å². The summed E-state index contributed by atoms with van der Waals surface area (Å²) in [6.07, 6.45) is 25.0. The zero-order valence-corrected chi connectivity index (χ0v) is 36.8. The van der Waals surface area contributed by atoms with Gasteiger partial charge in [0, 0.05) is 22.8 Å². The molecule has 4 nitrogen and oxygen atoms in total. The summed E-state index contributed by atoms with van der Waals surface area (Å²) in [5.74, 6) is 1.57. The monoisotopic (exact) mass is 812 g/mol. The van der Waals surface area contributed by atoms with E-state index in [-0.39, 0.29) is 0 Å². The van der Waals surface area contributed by atoms with Crippen LogP contribution in [0.25, 0.3) is 16.9 Å². The topological polar surface area (TPSA) is 43.8 Å². The first-order valence-corrected chi connectivity index (χ1v) is 23.0. The van der Waals surface area contributed by atoms with Gasteiger partial charge in [-0.15, -0.1) is 0 Å². The summed E-state index contributed by atoms with van der Waals surface area (Å²) in [5, 5.41) is 0. The fourth-order valence-corrected chi connectivity index (χ4v) is 7.83. The molecule has 0 unspecified atom stereocenters. The van der Waals surface area contributed by atoms with Gasteiger partial charge in [-0.3, -0.25) is 0 Å². The molecule has 0 saturated heterocycles. The van der Waals surface area contributed by atoms with Crippen LogP contribution in [0.3, 0.4) is 0 Å². The van der Waals surface area contributed by atoms with Crippen molar-refractivity contribution in [2.75, 3.05) is 0 Å². The maximum absolute atomic E-state index is 12.0. The summed E-state index contributed by atoms with van der Waals surface area (Å²) in [7, 11) is 0. The Kier molecular flexibility index (Phi) is 21.6. The Morgan fingerprint density at radius 2 is 0.842 bits per heavy atom. The fourth-order valence-electron chi connectivity index (χ4n) is 7.33. The van der Waals surface area contributed by atoms with Gasteiger partial charge in [0.2, 0.25) is 11.4 Å². The standard InChI is InChI=1S/C40H60N2.2C6H6O.Ni/c1-6-11-16-20-32-25-33(21-17-12-7-2)28-37(27-32)39-31-36(24-15-10-5)40(42(39)41)38-29-34(22-18-13-8-3)26-35(30-38)23-19-14-9-4;2*7-6-4-2-1-3-5-6;/h25-31H,6-24H2,1-5H3;2*1-5,7H;/q;;;+2/p-2. The van der Waals surface area contributed by atoms with Crippen molar-refractivity contribution in [3.05, 3.63) is 148 Å². The predicted octanol–water partition coefficient (Wildman–Crippen LogP) is 15.7. The van der Waals surface area contributed by atoms with Crippen LogP contribution in [0.5, 0.6) is 11.5 Å². The van der Waals surface area contributed by atoms with E-state index in [1.165, 1.54) is 116 Å². The summed E-state index contributed by atoms with van der Waals surface area (Å²) in [4.78, 5) is 0. The number of hydrogen-bond acceptors (Lipinski definition) is 2. The van der Waals surface area contributed by atoms with Crippen molar-refractivity contribution >= 4 is 11.4 Å². The molecule has 4 aromatic rings. The van der Waals surface area contributed by atoms with Gasteiger partial charge in [0.1, 0.15) is 0 Å². The third kappa shape index (κ3) is 16.1. The second-order valence-corrected chi connectivity index (χ2v) is 16.1. The van der Waals surface area contributed by atoms with E-state index in [1.54, 1.807) is 4.70 Å². The summed E-state index contributed by atoms with van der Waals surface area (Å²) >= 11 is 0.777. The summed E-state index contributed by atoms with van der Waals surface area (Å²) in [5.41, 5.74) is 23.2. The summed E-state index contributed by atoms with van der Waals surface area (Å²) in [6.45, 7) is 11.4. The van der Waals surface area contributed by atoms with Crippen molar-refractivity contribution < 1.29 is 27.5 Å². The molecule has 0 bridgehead atoms.